The summed E-state index contributed by atoms with van der Waals surface area (Å²) in [5, 5.41) is 6.96. The van der Waals surface area contributed by atoms with Crippen molar-refractivity contribution in [3.05, 3.63) is 17.5 Å². The molecule has 5 rings (SSSR count). The summed E-state index contributed by atoms with van der Waals surface area (Å²) >= 11 is 0. The number of sulfonamides is 1. The molecule has 1 N–H and O–H groups in total. The van der Waals surface area contributed by atoms with Crippen LogP contribution in [0.15, 0.2) is 10.6 Å². The standard InChI is InChI=1S/C26H43N5O4S/c1-20-17-23(27-26(32)24-18-25(35-28-24)22-5-6-22)9-14-31(20)36(33,34)19-21-7-12-30(13-8-21)16-15-29-10-3-2-4-11-29/h18,20-23H,2-17,19H2,1H3,(H,27,32)/t20-,23-/m0/s1. The second-order valence-corrected chi connectivity index (χ2v) is 13.5. The number of carbonyl (C=O) groups excluding carboxylic acids is 1. The lowest BCUT2D eigenvalue weighted by Gasteiger charge is -2.39. The smallest absolute Gasteiger partial charge is 0.273 e. The third-order valence-electron chi connectivity index (χ3n) is 8.58. The van der Waals surface area contributed by atoms with Crippen molar-refractivity contribution in [3.63, 3.8) is 0 Å². The first kappa shape index (κ1) is 26.1. The third kappa shape index (κ3) is 6.68. The topological polar surface area (TPSA) is 99.0 Å². The number of hydrogen-bond donors (Lipinski definition) is 1. The van der Waals surface area contributed by atoms with Crippen molar-refractivity contribution in [2.45, 2.75) is 82.7 Å². The Morgan fingerprint density at radius 1 is 1.00 bits per heavy atom. The molecule has 4 fully saturated rings. The second-order valence-electron chi connectivity index (χ2n) is 11.5. The summed E-state index contributed by atoms with van der Waals surface area (Å²) in [6, 6.07) is 1.57. The molecule has 1 aromatic rings. The first-order chi connectivity index (χ1) is 17.4. The lowest BCUT2D eigenvalue weighted by molar-refractivity contribution is 0.0905. The largest absolute Gasteiger partial charge is 0.360 e. The predicted octanol–water partition coefficient (Wildman–Crippen LogP) is 2.66. The van der Waals surface area contributed by atoms with Crippen LogP contribution in [0.25, 0.3) is 0 Å². The van der Waals surface area contributed by atoms with Gasteiger partial charge in [-0.15, -0.1) is 0 Å². The van der Waals surface area contributed by atoms with Gasteiger partial charge in [0.05, 0.1) is 5.75 Å². The molecular formula is C26H43N5O4S. The van der Waals surface area contributed by atoms with E-state index in [4.69, 9.17) is 4.52 Å². The Labute approximate surface area is 216 Å². The van der Waals surface area contributed by atoms with E-state index in [-0.39, 0.29) is 29.7 Å². The molecule has 4 aliphatic rings. The average molecular weight is 522 g/mol. The Hall–Kier alpha value is -1.49. The quantitative estimate of drug-likeness (QED) is 0.533. The van der Waals surface area contributed by atoms with Gasteiger partial charge in [-0.2, -0.15) is 4.31 Å². The SMILES string of the molecule is C[C@H]1C[C@@H](NC(=O)c2cc(C3CC3)on2)CCN1S(=O)(=O)CC1CCN(CCN2CCCCC2)CC1. The summed E-state index contributed by atoms with van der Waals surface area (Å²) < 4.78 is 33.6. The zero-order chi connectivity index (χ0) is 25.1. The Morgan fingerprint density at radius 3 is 2.36 bits per heavy atom. The number of nitrogens with one attached hydrogen (secondary N) is 1. The van der Waals surface area contributed by atoms with E-state index in [1.165, 1.54) is 32.4 Å². The van der Waals surface area contributed by atoms with Gasteiger partial charge in [-0.25, -0.2) is 8.42 Å². The minimum absolute atomic E-state index is 0.0526. The average Bonchev–Trinajstić information content (AvgIpc) is 3.60. The Balaban J connectivity index is 1.04. The van der Waals surface area contributed by atoms with Crippen molar-refractivity contribution in [1.82, 2.24) is 24.6 Å². The molecule has 0 spiro atoms. The molecule has 3 aliphatic heterocycles. The summed E-state index contributed by atoms with van der Waals surface area (Å²) in [6.07, 6.45) is 9.37. The van der Waals surface area contributed by atoms with Gasteiger partial charge in [-0.05, 0) is 90.4 Å². The van der Waals surface area contributed by atoms with Gasteiger partial charge < -0.3 is 19.6 Å². The van der Waals surface area contributed by atoms with Crippen LogP contribution in [-0.4, -0.2) is 97.2 Å². The molecule has 1 aliphatic carbocycles. The van der Waals surface area contributed by atoms with Crippen LogP contribution in [0.3, 0.4) is 0 Å². The van der Waals surface area contributed by atoms with E-state index in [0.717, 1.165) is 57.6 Å². The second kappa shape index (κ2) is 11.5. The van der Waals surface area contributed by atoms with Gasteiger partial charge in [0.25, 0.3) is 5.91 Å². The molecule has 1 aromatic heterocycles. The fraction of sp³-hybridized carbons (Fsp3) is 0.846. The molecule has 0 aromatic carbocycles. The van der Waals surface area contributed by atoms with Gasteiger partial charge in [0.2, 0.25) is 10.0 Å². The monoisotopic (exact) mass is 521 g/mol. The van der Waals surface area contributed by atoms with Crippen LogP contribution in [0, 0.1) is 5.92 Å². The highest BCUT2D eigenvalue weighted by Crippen LogP contribution is 2.40. The number of amides is 1. The highest BCUT2D eigenvalue weighted by Gasteiger charge is 2.36. The van der Waals surface area contributed by atoms with Crippen molar-refractivity contribution in [1.29, 1.82) is 0 Å². The molecule has 2 atom stereocenters. The van der Waals surface area contributed by atoms with Crippen LogP contribution >= 0.6 is 0 Å². The van der Waals surface area contributed by atoms with Crippen molar-refractivity contribution in [2.75, 3.05) is 51.6 Å². The minimum Gasteiger partial charge on any atom is -0.360 e. The highest BCUT2D eigenvalue weighted by molar-refractivity contribution is 7.89. The van der Waals surface area contributed by atoms with E-state index in [1.807, 2.05) is 6.92 Å². The molecule has 4 heterocycles. The molecule has 202 valence electrons. The fourth-order valence-corrected chi connectivity index (χ4v) is 8.29. The number of likely N-dealkylation sites (tertiary alicyclic amines) is 2. The van der Waals surface area contributed by atoms with Crippen LogP contribution in [-0.2, 0) is 10.0 Å². The molecule has 36 heavy (non-hydrogen) atoms. The number of carbonyl (C=O) groups is 1. The normalized spacial score (nSPS) is 27.8. The van der Waals surface area contributed by atoms with Crippen molar-refractivity contribution in [3.8, 4) is 0 Å². The number of aromatic nitrogens is 1. The van der Waals surface area contributed by atoms with E-state index in [9.17, 15) is 13.2 Å². The van der Waals surface area contributed by atoms with Crippen molar-refractivity contribution in [2.24, 2.45) is 5.92 Å². The summed E-state index contributed by atoms with van der Waals surface area (Å²) in [5.74, 6) is 1.46. The maximum absolute atomic E-state index is 13.3. The lowest BCUT2D eigenvalue weighted by Crippen LogP contribution is -2.52. The highest BCUT2D eigenvalue weighted by atomic mass is 32.2. The van der Waals surface area contributed by atoms with Gasteiger partial charge >= 0.3 is 0 Å². The Morgan fingerprint density at radius 2 is 1.69 bits per heavy atom. The summed E-state index contributed by atoms with van der Waals surface area (Å²) in [7, 11) is -3.32. The maximum Gasteiger partial charge on any atom is 0.273 e. The molecule has 9 nitrogen and oxygen atoms in total. The predicted molar refractivity (Wildman–Crippen MR) is 138 cm³/mol. The molecule has 0 unspecified atom stereocenters. The van der Waals surface area contributed by atoms with Crippen LogP contribution in [0.1, 0.15) is 86.9 Å². The zero-order valence-corrected chi connectivity index (χ0v) is 22.6. The first-order valence-electron chi connectivity index (χ1n) is 14.1. The van der Waals surface area contributed by atoms with Gasteiger partial charge in [0.1, 0.15) is 5.76 Å². The number of piperidine rings is 3. The van der Waals surface area contributed by atoms with Crippen molar-refractivity contribution < 1.29 is 17.7 Å². The molecule has 0 bridgehead atoms. The van der Waals surface area contributed by atoms with Gasteiger partial charge in [-0.1, -0.05) is 11.6 Å². The minimum atomic E-state index is -3.32. The Bertz CT molecular complexity index is 980. The Kier molecular flexibility index (Phi) is 8.34. The number of rotatable bonds is 9. The summed E-state index contributed by atoms with van der Waals surface area (Å²) in [5.41, 5.74) is 0.321. The van der Waals surface area contributed by atoms with Gasteiger partial charge in [0, 0.05) is 43.7 Å². The molecule has 3 saturated heterocycles. The zero-order valence-electron chi connectivity index (χ0n) is 21.7. The maximum atomic E-state index is 13.3. The van der Waals surface area contributed by atoms with Crippen LogP contribution < -0.4 is 5.32 Å². The third-order valence-corrected chi connectivity index (χ3v) is 10.7. The van der Waals surface area contributed by atoms with E-state index >= 15 is 0 Å². The molecule has 1 saturated carbocycles. The van der Waals surface area contributed by atoms with E-state index in [2.05, 4.69) is 20.3 Å². The van der Waals surface area contributed by atoms with Gasteiger partial charge in [0.15, 0.2) is 5.69 Å². The number of hydrogen-bond acceptors (Lipinski definition) is 7. The summed E-state index contributed by atoms with van der Waals surface area (Å²) in [6.45, 7) is 9.12. The summed E-state index contributed by atoms with van der Waals surface area (Å²) in [4.78, 5) is 17.7. The molecule has 0 radical (unpaired) electrons. The first-order valence-corrected chi connectivity index (χ1v) is 15.7. The van der Waals surface area contributed by atoms with Crippen LogP contribution in [0.4, 0.5) is 0 Å². The molecular weight excluding hydrogens is 478 g/mol. The van der Waals surface area contributed by atoms with Crippen LogP contribution in [0.5, 0.6) is 0 Å². The fourth-order valence-electron chi connectivity index (χ4n) is 6.15. The number of nitrogens with zero attached hydrogens (tertiary/aromatic N) is 4. The van der Waals surface area contributed by atoms with E-state index < -0.39 is 10.0 Å². The van der Waals surface area contributed by atoms with Gasteiger partial charge in [-0.3, -0.25) is 4.79 Å². The lowest BCUT2D eigenvalue weighted by atomic mass is 9.99. The van der Waals surface area contributed by atoms with Crippen LogP contribution in [0.2, 0.25) is 0 Å². The van der Waals surface area contributed by atoms with Crippen molar-refractivity contribution >= 4 is 15.9 Å². The van der Waals surface area contributed by atoms with E-state index in [1.54, 1.807) is 10.4 Å². The molecule has 10 heteroatoms. The molecule has 1 amide bonds. The van der Waals surface area contributed by atoms with E-state index in [0.29, 0.717) is 31.0 Å².